The summed E-state index contributed by atoms with van der Waals surface area (Å²) in [5.74, 6) is 0.917. The van der Waals surface area contributed by atoms with Crippen LogP contribution in [-0.2, 0) is 0 Å². The number of hydrogen-bond donors (Lipinski definition) is 1. The van der Waals surface area contributed by atoms with E-state index in [1.807, 2.05) is 30.5 Å². The predicted molar refractivity (Wildman–Crippen MR) is 87.9 cm³/mol. The van der Waals surface area contributed by atoms with E-state index in [-0.39, 0.29) is 6.04 Å². The molecule has 1 heterocycles. The Morgan fingerprint density at radius 1 is 0.950 bits per heavy atom. The first-order valence-corrected chi connectivity index (χ1v) is 7.40. The molecule has 1 aromatic heterocycles. The zero-order valence-corrected chi connectivity index (χ0v) is 12.8. The fourth-order valence-corrected chi connectivity index (χ4v) is 2.81. The quantitative estimate of drug-likeness (QED) is 0.718. The van der Waals surface area contributed by atoms with Gasteiger partial charge in [-0.15, -0.1) is 0 Å². The zero-order chi connectivity index (χ0) is 13.9. The molecule has 2 nitrogen and oxygen atoms in total. The lowest BCUT2D eigenvalue weighted by atomic mass is 10.1. The highest BCUT2D eigenvalue weighted by atomic mass is 79.9. The first-order chi connectivity index (χ1) is 9.75. The minimum absolute atomic E-state index is 0.216. The van der Waals surface area contributed by atoms with Crippen LogP contribution >= 0.6 is 15.9 Å². The van der Waals surface area contributed by atoms with E-state index in [0.717, 1.165) is 15.7 Å². The van der Waals surface area contributed by atoms with Crippen molar-refractivity contribution in [2.45, 2.75) is 13.0 Å². The van der Waals surface area contributed by atoms with Gasteiger partial charge in [0, 0.05) is 27.5 Å². The zero-order valence-electron chi connectivity index (χ0n) is 11.2. The highest BCUT2D eigenvalue weighted by molar-refractivity contribution is 9.10. The molecule has 0 saturated heterocycles. The maximum Gasteiger partial charge on any atom is 0.134 e. The molecule has 100 valence electrons. The van der Waals surface area contributed by atoms with E-state index in [1.54, 1.807) is 0 Å². The van der Waals surface area contributed by atoms with Crippen molar-refractivity contribution < 1.29 is 0 Å². The number of pyridine rings is 1. The van der Waals surface area contributed by atoms with Crippen LogP contribution in [0.4, 0.5) is 5.82 Å². The summed E-state index contributed by atoms with van der Waals surface area (Å²) >= 11 is 3.59. The van der Waals surface area contributed by atoms with Crippen LogP contribution in [0.5, 0.6) is 0 Å². The molecule has 1 atom stereocenters. The topological polar surface area (TPSA) is 24.9 Å². The van der Waals surface area contributed by atoms with E-state index >= 15 is 0 Å². The summed E-state index contributed by atoms with van der Waals surface area (Å²) in [7, 11) is 0. The van der Waals surface area contributed by atoms with Gasteiger partial charge in [-0.05, 0) is 24.6 Å². The Kier molecular flexibility index (Phi) is 3.70. The molecule has 0 aliphatic carbocycles. The molecule has 0 aliphatic heterocycles. The molecule has 1 unspecified atom stereocenters. The van der Waals surface area contributed by atoms with Gasteiger partial charge >= 0.3 is 0 Å². The Bertz CT molecular complexity index is 725. The Balaban J connectivity index is 1.97. The number of aromatic nitrogens is 1. The van der Waals surface area contributed by atoms with E-state index in [2.05, 4.69) is 63.5 Å². The molecule has 3 heteroatoms. The number of hydrogen-bond acceptors (Lipinski definition) is 2. The molecular weight excluding hydrogens is 312 g/mol. The van der Waals surface area contributed by atoms with Crippen molar-refractivity contribution in [3.05, 3.63) is 70.8 Å². The van der Waals surface area contributed by atoms with Crippen LogP contribution in [0.15, 0.2) is 65.3 Å². The molecule has 0 amide bonds. The van der Waals surface area contributed by atoms with Gasteiger partial charge in [0.05, 0.1) is 0 Å². The van der Waals surface area contributed by atoms with Crippen LogP contribution in [0.25, 0.3) is 10.8 Å². The van der Waals surface area contributed by atoms with Crippen LogP contribution in [0.2, 0.25) is 0 Å². The fraction of sp³-hybridized carbons (Fsp3) is 0.118. The molecule has 3 aromatic rings. The van der Waals surface area contributed by atoms with E-state index in [0.29, 0.717) is 0 Å². The van der Waals surface area contributed by atoms with Crippen LogP contribution in [0.3, 0.4) is 0 Å². The number of benzene rings is 2. The van der Waals surface area contributed by atoms with Gasteiger partial charge in [-0.25, -0.2) is 4.98 Å². The lowest BCUT2D eigenvalue weighted by molar-refractivity contribution is 0.877. The third kappa shape index (κ3) is 2.54. The smallest absolute Gasteiger partial charge is 0.134 e. The van der Waals surface area contributed by atoms with Gasteiger partial charge in [-0.3, -0.25) is 0 Å². The number of rotatable bonds is 3. The molecule has 3 rings (SSSR count). The van der Waals surface area contributed by atoms with Crippen molar-refractivity contribution in [1.29, 1.82) is 0 Å². The Hall–Kier alpha value is -1.87. The molecule has 20 heavy (non-hydrogen) atoms. The van der Waals surface area contributed by atoms with Crippen LogP contribution in [0.1, 0.15) is 18.5 Å². The lowest BCUT2D eigenvalue weighted by Gasteiger charge is -2.16. The Morgan fingerprint density at radius 3 is 2.55 bits per heavy atom. The summed E-state index contributed by atoms with van der Waals surface area (Å²) in [6.45, 7) is 2.15. The minimum atomic E-state index is 0.216. The molecule has 2 aromatic carbocycles. The summed E-state index contributed by atoms with van der Waals surface area (Å²) < 4.78 is 1.09. The highest BCUT2D eigenvalue weighted by Gasteiger charge is 2.09. The third-order valence-electron chi connectivity index (χ3n) is 3.41. The molecule has 0 fully saturated rings. The maximum atomic E-state index is 4.48. The van der Waals surface area contributed by atoms with Crippen molar-refractivity contribution in [3.63, 3.8) is 0 Å². The average molecular weight is 327 g/mol. The van der Waals surface area contributed by atoms with Crippen molar-refractivity contribution in [3.8, 4) is 0 Å². The summed E-state index contributed by atoms with van der Waals surface area (Å²) in [6, 6.07) is 18.8. The summed E-state index contributed by atoms with van der Waals surface area (Å²) in [6.07, 6.45) is 1.84. The molecular formula is C17H15BrN2. The SMILES string of the molecule is CC(Nc1nccc2c(Br)cccc12)c1ccccc1. The van der Waals surface area contributed by atoms with Crippen molar-refractivity contribution in [2.24, 2.45) is 0 Å². The standard InChI is InChI=1S/C17H15BrN2/c1-12(13-6-3-2-4-7-13)20-17-15-8-5-9-16(18)14(15)10-11-19-17/h2-12H,1H3,(H,19,20). The summed E-state index contributed by atoms with van der Waals surface area (Å²) in [4.78, 5) is 4.48. The fourth-order valence-electron chi connectivity index (χ4n) is 2.31. The second-order valence-electron chi connectivity index (χ2n) is 4.77. The molecule has 0 aliphatic rings. The van der Waals surface area contributed by atoms with Crippen LogP contribution in [0, 0.1) is 0 Å². The number of fused-ring (bicyclic) bond motifs is 1. The number of nitrogens with zero attached hydrogens (tertiary/aromatic N) is 1. The summed E-state index contributed by atoms with van der Waals surface area (Å²) in [5, 5.41) is 5.80. The van der Waals surface area contributed by atoms with Gasteiger partial charge in [0.15, 0.2) is 0 Å². The monoisotopic (exact) mass is 326 g/mol. The Labute approximate surface area is 127 Å². The van der Waals surface area contributed by atoms with E-state index in [1.165, 1.54) is 10.9 Å². The van der Waals surface area contributed by atoms with Crippen molar-refractivity contribution in [1.82, 2.24) is 4.98 Å². The third-order valence-corrected chi connectivity index (χ3v) is 4.10. The van der Waals surface area contributed by atoms with Crippen molar-refractivity contribution in [2.75, 3.05) is 5.32 Å². The largest absolute Gasteiger partial charge is 0.363 e. The normalized spacial score (nSPS) is 12.3. The molecule has 0 spiro atoms. The first-order valence-electron chi connectivity index (χ1n) is 6.60. The van der Waals surface area contributed by atoms with E-state index in [4.69, 9.17) is 0 Å². The average Bonchev–Trinajstić information content (AvgIpc) is 2.49. The summed E-state index contributed by atoms with van der Waals surface area (Å²) in [5.41, 5.74) is 1.25. The molecule has 0 saturated carbocycles. The van der Waals surface area contributed by atoms with E-state index in [9.17, 15) is 0 Å². The van der Waals surface area contributed by atoms with Gasteiger partial charge in [0.1, 0.15) is 5.82 Å². The van der Waals surface area contributed by atoms with Gasteiger partial charge in [-0.2, -0.15) is 0 Å². The molecule has 0 bridgehead atoms. The number of anilines is 1. The van der Waals surface area contributed by atoms with Gasteiger partial charge < -0.3 is 5.32 Å². The predicted octanol–water partition coefficient (Wildman–Crippen LogP) is 5.17. The van der Waals surface area contributed by atoms with Gasteiger partial charge in [0.2, 0.25) is 0 Å². The molecule has 1 N–H and O–H groups in total. The molecule has 0 radical (unpaired) electrons. The lowest BCUT2D eigenvalue weighted by Crippen LogP contribution is -2.08. The van der Waals surface area contributed by atoms with Crippen LogP contribution in [-0.4, -0.2) is 4.98 Å². The first kappa shape index (κ1) is 13.1. The number of nitrogens with one attached hydrogen (secondary N) is 1. The van der Waals surface area contributed by atoms with Gasteiger partial charge in [0.25, 0.3) is 0 Å². The van der Waals surface area contributed by atoms with Crippen molar-refractivity contribution >= 4 is 32.5 Å². The van der Waals surface area contributed by atoms with E-state index < -0.39 is 0 Å². The maximum absolute atomic E-state index is 4.48. The minimum Gasteiger partial charge on any atom is -0.363 e. The highest BCUT2D eigenvalue weighted by Crippen LogP contribution is 2.29. The van der Waals surface area contributed by atoms with Gasteiger partial charge in [-0.1, -0.05) is 58.4 Å². The second kappa shape index (κ2) is 5.63. The number of halogens is 1. The Morgan fingerprint density at radius 2 is 1.75 bits per heavy atom. The second-order valence-corrected chi connectivity index (χ2v) is 5.63. The van der Waals surface area contributed by atoms with Crippen LogP contribution < -0.4 is 5.32 Å².